The van der Waals surface area contributed by atoms with Crippen molar-refractivity contribution in [2.24, 2.45) is 0 Å². The summed E-state index contributed by atoms with van der Waals surface area (Å²) in [6, 6.07) is 17.9. The molecule has 0 unspecified atom stereocenters. The van der Waals surface area contributed by atoms with E-state index in [1.165, 1.54) is 102 Å². The van der Waals surface area contributed by atoms with Gasteiger partial charge in [-0.3, -0.25) is 19.2 Å². The zero-order valence-electron chi connectivity index (χ0n) is 40.4. The van der Waals surface area contributed by atoms with Crippen molar-refractivity contribution < 1.29 is 93.7 Å². The molecule has 2 saturated carbocycles. The third-order valence-corrected chi connectivity index (χ3v) is 16.3. The van der Waals surface area contributed by atoms with Crippen LogP contribution in [0.1, 0.15) is 145 Å². The van der Waals surface area contributed by atoms with Crippen LogP contribution in [0.15, 0.2) is 65.6 Å². The van der Waals surface area contributed by atoms with Gasteiger partial charge >= 0.3 is 61.5 Å². The van der Waals surface area contributed by atoms with Gasteiger partial charge in [-0.05, 0) is 93.7 Å². The number of phenols is 1. The second-order valence-electron chi connectivity index (χ2n) is 19.8. The number of aromatic hydroxyl groups is 1. The average molecular weight is 979 g/mol. The number of likely N-dealkylation sites (tertiary alicyclic amines) is 2. The van der Waals surface area contributed by atoms with Crippen molar-refractivity contribution in [3.8, 4) is 11.5 Å². The molecule has 0 atom stereocenters. The van der Waals surface area contributed by atoms with E-state index in [2.05, 4.69) is 9.80 Å². The molecule has 0 radical (unpaired) electrons. The molecule has 364 valence electrons. The smallest absolute Gasteiger partial charge is 0.870 e. The zero-order valence-corrected chi connectivity index (χ0v) is 44.4. The Hall–Kier alpha value is -2.99. The monoisotopic (exact) mass is 978 g/mol. The van der Waals surface area contributed by atoms with Crippen LogP contribution in [0.5, 0.6) is 11.5 Å². The van der Waals surface area contributed by atoms with E-state index in [0.29, 0.717) is 17.8 Å². The van der Waals surface area contributed by atoms with Crippen molar-refractivity contribution in [3.05, 3.63) is 77.4 Å². The predicted molar refractivity (Wildman–Crippen MR) is 259 cm³/mol. The summed E-state index contributed by atoms with van der Waals surface area (Å²) in [5.74, 6) is -0.185. The Morgan fingerprint density at radius 2 is 0.926 bits per heavy atom. The molecule has 3 aromatic rings. The fraction of sp³-hybridized carbons (Fsp3) is 0.585. The van der Waals surface area contributed by atoms with Crippen LogP contribution in [0.25, 0.3) is 0 Å². The van der Waals surface area contributed by atoms with Gasteiger partial charge in [-0.25, -0.2) is 0 Å². The van der Waals surface area contributed by atoms with E-state index in [0.717, 1.165) is 74.2 Å². The summed E-state index contributed by atoms with van der Waals surface area (Å²) in [5.41, 5.74) is 3.88. The molecule has 2 saturated heterocycles. The molecule has 3 aromatic carbocycles. The number of ketones is 2. The molecule has 15 heteroatoms. The summed E-state index contributed by atoms with van der Waals surface area (Å²) < 4.78 is 31.3. The van der Waals surface area contributed by atoms with Crippen LogP contribution in [-0.2, 0) is 42.1 Å². The number of hydrogen-bond donors (Lipinski definition) is 1. The average Bonchev–Trinajstić information content (AvgIpc) is 3.47. The minimum absolute atomic E-state index is 0. The number of Topliss-reactive ketones (excluding diaryl/α,β-unsaturated/α-hetero) is 2. The first kappa shape index (κ1) is 54.3. The van der Waals surface area contributed by atoms with Crippen LogP contribution in [0.3, 0.4) is 0 Å². The molecule has 0 bridgehead atoms. The van der Waals surface area contributed by atoms with Gasteiger partial charge in [0, 0.05) is 75.3 Å². The molecule has 2 aliphatic carbocycles. The van der Waals surface area contributed by atoms with Crippen molar-refractivity contribution in [2.45, 2.75) is 177 Å². The van der Waals surface area contributed by atoms with E-state index in [9.17, 15) is 32.7 Å². The van der Waals surface area contributed by atoms with Crippen molar-refractivity contribution >= 4 is 44.9 Å². The summed E-state index contributed by atoms with van der Waals surface area (Å²) in [6.07, 6.45) is 22.3. The minimum Gasteiger partial charge on any atom is -0.870 e. The zero-order chi connectivity index (χ0) is 46.2. The summed E-state index contributed by atoms with van der Waals surface area (Å²) in [5, 5.41) is 9.98. The number of rotatable bonds is 7. The Morgan fingerprint density at radius 3 is 1.38 bits per heavy atom. The van der Waals surface area contributed by atoms with E-state index < -0.39 is 10.1 Å². The molecule has 6 aliphatic rings. The molecular weight excluding hydrogens is 908 g/mol. The maximum atomic E-state index is 13.3. The van der Waals surface area contributed by atoms with Crippen LogP contribution < -0.4 is 65.4 Å². The van der Waals surface area contributed by atoms with Gasteiger partial charge in [0.2, 0.25) is 11.8 Å². The molecule has 0 spiro atoms. The number of fused-ring (bicyclic) bond motifs is 2. The Kier molecular flexibility index (Phi) is 20.3. The Balaban J connectivity index is 0.000000227. The quantitative estimate of drug-likeness (QED) is 0.171. The van der Waals surface area contributed by atoms with Gasteiger partial charge in [0.1, 0.15) is 28.0 Å². The maximum Gasteiger partial charge on any atom is 1.00 e. The molecule has 0 aromatic heterocycles. The van der Waals surface area contributed by atoms with Crippen LogP contribution >= 0.6 is 0 Å². The van der Waals surface area contributed by atoms with Gasteiger partial charge in [-0.1, -0.05) is 94.0 Å². The van der Waals surface area contributed by atoms with Gasteiger partial charge in [0.05, 0.1) is 24.2 Å². The van der Waals surface area contributed by atoms with Crippen LogP contribution in [0, 0.1) is 6.92 Å². The summed E-state index contributed by atoms with van der Waals surface area (Å²) >= 11 is 0. The number of benzene rings is 3. The van der Waals surface area contributed by atoms with Crippen LogP contribution in [0.4, 0.5) is 11.4 Å². The van der Waals surface area contributed by atoms with E-state index in [1.807, 2.05) is 11.8 Å². The number of carbonyl (C=O) groups excluding carboxylic acids is 4. The number of anilines is 2. The Labute approximate surface area is 446 Å². The van der Waals surface area contributed by atoms with E-state index in [1.54, 1.807) is 53.4 Å². The predicted octanol–water partition coefficient (Wildman–Crippen LogP) is 5.83. The maximum absolute atomic E-state index is 13.3. The fourth-order valence-electron chi connectivity index (χ4n) is 11.5. The van der Waals surface area contributed by atoms with Crippen molar-refractivity contribution in [1.82, 2.24) is 9.80 Å². The van der Waals surface area contributed by atoms with Gasteiger partial charge in [-0.2, -0.15) is 8.42 Å². The third-order valence-electron chi connectivity index (χ3n) is 15.1. The summed E-state index contributed by atoms with van der Waals surface area (Å²) in [6.45, 7) is 5.78. The number of phenolic OH excluding ortho intramolecular Hbond substituents is 1. The topological polar surface area (TPSA) is 175 Å². The number of amides is 2. The van der Waals surface area contributed by atoms with Gasteiger partial charge in [0.15, 0.2) is 0 Å². The van der Waals surface area contributed by atoms with Gasteiger partial charge < -0.3 is 34.4 Å². The molecule has 68 heavy (non-hydrogen) atoms. The number of aryl methyl sites for hydroxylation is 1. The molecular formula is C53H71KN4O9S. The molecule has 4 aliphatic heterocycles. The number of carbonyl (C=O) groups is 4. The normalized spacial score (nSPS) is 21.5. The first-order valence-corrected chi connectivity index (χ1v) is 26.4. The second kappa shape index (κ2) is 25.4. The van der Waals surface area contributed by atoms with Crippen molar-refractivity contribution in [2.75, 3.05) is 36.0 Å². The standard InChI is InChI=1S/C30H38N2O5S.C23H32N2O3.K.H2O/c1-22-9-13-28(14-10-22)38(35,36)37-27-12-11-23-19-26(33)20-30(34)32(29(23)21-27)25-15-17-31(18-16-25)24-7-5-3-2-4-6-8-24;26-20-9-8-17-14-21(27)16-23(28)25(22(17)15-20)19-10-12-24(13-11-19)18-6-4-2-1-3-5-7-18;;/h9-14,21,24-25H,2-8,15-20H2,1H3;8-9,15,18-19,26H,1-7,10-14,16H2;;1H2/q;;+1;/p-1. The molecule has 9 rings (SSSR count). The largest absolute Gasteiger partial charge is 1.00 e. The van der Waals surface area contributed by atoms with Gasteiger partial charge in [0.25, 0.3) is 0 Å². The first-order valence-electron chi connectivity index (χ1n) is 25.0. The van der Waals surface area contributed by atoms with Gasteiger partial charge in [-0.15, -0.1) is 0 Å². The summed E-state index contributed by atoms with van der Waals surface area (Å²) in [7, 11) is -4.03. The number of nitrogens with zero attached hydrogens (tertiary/aromatic N) is 4. The van der Waals surface area contributed by atoms with E-state index in [-0.39, 0.29) is 134 Å². The summed E-state index contributed by atoms with van der Waals surface area (Å²) in [4.78, 5) is 59.8. The van der Waals surface area contributed by atoms with E-state index in [4.69, 9.17) is 4.18 Å². The molecule has 13 nitrogen and oxygen atoms in total. The van der Waals surface area contributed by atoms with E-state index >= 15 is 0 Å². The molecule has 4 fully saturated rings. The fourth-order valence-corrected chi connectivity index (χ4v) is 12.4. The number of hydrogen-bond acceptors (Lipinski definition) is 11. The molecule has 4 heterocycles. The van der Waals surface area contributed by atoms with Crippen LogP contribution in [-0.4, -0.2) is 103 Å². The molecule has 2 N–H and O–H groups in total. The first-order chi connectivity index (χ1) is 31.9. The Morgan fingerprint density at radius 1 is 0.515 bits per heavy atom. The number of piperidine rings is 2. The second-order valence-corrected chi connectivity index (χ2v) is 21.3. The van der Waals surface area contributed by atoms with Crippen molar-refractivity contribution in [3.63, 3.8) is 0 Å². The Bertz CT molecular complexity index is 2300. The molecule has 2 amide bonds. The minimum atomic E-state index is -4.03. The van der Waals surface area contributed by atoms with Crippen LogP contribution in [0.2, 0.25) is 0 Å². The van der Waals surface area contributed by atoms with Crippen molar-refractivity contribution in [1.29, 1.82) is 0 Å². The third kappa shape index (κ3) is 13.9. The SMILES string of the molecule is Cc1ccc(S(=O)(=O)Oc2ccc3c(c2)N(C2CCN(C4CCCCCCC4)CC2)C(=O)CC(=O)C3)cc1.O=C1CC(=O)N(C2CCN(C3CCCCCCC3)CC2)c2cc(O)ccc2C1.[K+].[OH-].